The first kappa shape index (κ1) is 35.4. The lowest BCUT2D eigenvalue weighted by atomic mass is 9.96. The van der Waals surface area contributed by atoms with E-state index in [1.54, 1.807) is 6.07 Å². The lowest BCUT2D eigenvalue weighted by Crippen LogP contribution is -2.57. The largest absolute Gasteiger partial charge is 0.407 e. The second-order valence-electron chi connectivity index (χ2n) is 11.0. The smallest absolute Gasteiger partial charge is 0.377 e. The van der Waals surface area contributed by atoms with Crippen LogP contribution in [0.3, 0.4) is 0 Å². The third-order valence-electron chi connectivity index (χ3n) is 6.73. The molecule has 3 aromatic rings. The Bertz CT molecular complexity index is 1610. The molecule has 7 nitrogen and oxygen atoms in total. The molecule has 44 heavy (non-hydrogen) atoms. The summed E-state index contributed by atoms with van der Waals surface area (Å²) in [5, 5.41) is 24.7. The van der Waals surface area contributed by atoms with Crippen LogP contribution in [-0.2, 0) is 16.3 Å². The third kappa shape index (κ3) is 9.69. The number of benzene rings is 3. The lowest BCUT2D eigenvalue weighted by molar-refractivity contribution is -0.163. The summed E-state index contributed by atoms with van der Waals surface area (Å²) < 4.78 is 95.6. The molecule has 3 rings (SSSR count). The molecule has 0 saturated carbocycles. The molecule has 0 aliphatic carbocycles. The van der Waals surface area contributed by atoms with Crippen LogP contribution in [0, 0.1) is 17.1 Å². The highest BCUT2D eigenvalue weighted by atomic mass is 35.5. The highest BCUT2D eigenvalue weighted by molar-refractivity contribution is 7.90. The van der Waals surface area contributed by atoms with Crippen LogP contribution >= 0.6 is 11.6 Å². The summed E-state index contributed by atoms with van der Waals surface area (Å²) in [6.45, 7) is 2.30. The Kier molecular flexibility index (Phi) is 11.2. The molecule has 0 heterocycles. The van der Waals surface area contributed by atoms with Crippen LogP contribution in [0.15, 0.2) is 65.6 Å². The maximum Gasteiger partial charge on any atom is 0.407 e. The van der Waals surface area contributed by atoms with Gasteiger partial charge in [0.15, 0.2) is 9.84 Å². The summed E-state index contributed by atoms with van der Waals surface area (Å²) in [5.74, 6) is -0.719. The maximum absolute atomic E-state index is 14.7. The molecule has 2 unspecified atom stereocenters. The average molecular weight is 659 g/mol. The van der Waals surface area contributed by atoms with Crippen LogP contribution in [0.4, 0.5) is 22.0 Å². The molecule has 14 heteroatoms. The monoisotopic (exact) mass is 658 g/mol. The average Bonchev–Trinajstić information content (AvgIpc) is 2.90. The molecule has 5 N–H and O–H groups in total. The van der Waals surface area contributed by atoms with Crippen LogP contribution in [0.25, 0.3) is 11.1 Å². The number of sulfone groups is 1. The summed E-state index contributed by atoms with van der Waals surface area (Å²) in [7, 11) is -3.52. The molecule has 0 spiro atoms. The Morgan fingerprint density at radius 1 is 1.02 bits per heavy atom. The van der Waals surface area contributed by atoms with Gasteiger partial charge >= 0.3 is 6.18 Å². The number of nitrogens with zero attached hydrogens (tertiary/aromatic N) is 1. The van der Waals surface area contributed by atoms with Gasteiger partial charge < -0.3 is 10.8 Å². The van der Waals surface area contributed by atoms with Crippen molar-refractivity contribution in [1.82, 2.24) is 10.6 Å². The predicted molar refractivity (Wildman–Crippen MR) is 157 cm³/mol. The van der Waals surface area contributed by atoms with Crippen LogP contribution < -0.4 is 16.4 Å². The van der Waals surface area contributed by atoms with Crippen molar-refractivity contribution in [1.29, 1.82) is 5.26 Å². The number of rotatable bonds is 12. The summed E-state index contributed by atoms with van der Waals surface area (Å²) in [5.41, 5.74) is 4.76. The van der Waals surface area contributed by atoms with E-state index >= 15 is 0 Å². The van der Waals surface area contributed by atoms with Crippen molar-refractivity contribution in [2.75, 3.05) is 6.26 Å². The van der Waals surface area contributed by atoms with Gasteiger partial charge in [-0.3, -0.25) is 10.6 Å². The number of aliphatic hydroxyl groups excluding tert-OH is 1. The van der Waals surface area contributed by atoms with Gasteiger partial charge in [-0.05, 0) is 61.2 Å². The van der Waals surface area contributed by atoms with Gasteiger partial charge in [-0.25, -0.2) is 17.2 Å². The summed E-state index contributed by atoms with van der Waals surface area (Å²) >= 11 is 6.25. The van der Waals surface area contributed by atoms with E-state index in [1.807, 2.05) is 0 Å². The molecular weight excluding hydrogens is 627 g/mol. The Morgan fingerprint density at radius 3 is 2.16 bits per heavy atom. The molecule has 0 saturated heterocycles. The van der Waals surface area contributed by atoms with Crippen molar-refractivity contribution in [3.8, 4) is 17.2 Å². The van der Waals surface area contributed by atoms with E-state index in [-0.39, 0.29) is 33.0 Å². The van der Waals surface area contributed by atoms with Crippen molar-refractivity contribution in [2.45, 2.75) is 67.9 Å². The quantitative estimate of drug-likeness (QED) is 0.148. The zero-order valence-corrected chi connectivity index (χ0v) is 25.5. The number of hydrogen-bond acceptors (Lipinski definition) is 7. The van der Waals surface area contributed by atoms with E-state index in [9.17, 15) is 35.5 Å². The molecule has 0 fully saturated rings. The number of halogens is 6. The second kappa shape index (κ2) is 13.9. The highest BCUT2D eigenvalue weighted by Gasteiger charge is 2.43. The van der Waals surface area contributed by atoms with E-state index in [4.69, 9.17) is 22.6 Å². The van der Waals surface area contributed by atoms with Crippen molar-refractivity contribution in [2.24, 2.45) is 5.73 Å². The second-order valence-corrected chi connectivity index (χ2v) is 13.5. The van der Waals surface area contributed by atoms with E-state index in [0.717, 1.165) is 26.2 Å². The van der Waals surface area contributed by atoms with Crippen molar-refractivity contribution < 1.29 is 35.5 Å². The first-order chi connectivity index (χ1) is 20.3. The standard InChI is InChI=1S/C30H32ClF5N4O3S/c1-29(2,33)15-25(28(41)40-26(38)13-20-5-4-17(16-37)12-24(20)32)39-27(30(34,35)36)19-8-6-18(7-9-19)22-11-10-21(14-23(22)31)44(3,42)43/h4-12,14,25-28,39-41H,13,15,38H2,1-3H3/t25-,26?,27-,28?/m0/s1. The molecule has 0 bridgehead atoms. The van der Waals surface area contributed by atoms with Crippen LogP contribution in [0.2, 0.25) is 5.02 Å². The first-order valence-corrected chi connectivity index (χ1v) is 15.6. The van der Waals surface area contributed by atoms with Gasteiger partial charge in [0.25, 0.3) is 0 Å². The van der Waals surface area contributed by atoms with Crippen LogP contribution in [0.1, 0.15) is 43.0 Å². The molecule has 4 atom stereocenters. The summed E-state index contributed by atoms with van der Waals surface area (Å²) in [4.78, 5) is -0.0139. The number of nitrogens with one attached hydrogen (secondary N) is 2. The predicted octanol–water partition coefficient (Wildman–Crippen LogP) is 5.56. The van der Waals surface area contributed by atoms with E-state index < -0.39 is 58.4 Å². The van der Waals surface area contributed by atoms with Gasteiger partial charge in [-0.1, -0.05) is 48.0 Å². The number of alkyl halides is 4. The minimum absolute atomic E-state index is 0.0139. The summed E-state index contributed by atoms with van der Waals surface area (Å²) in [6.07, 6.45) is -7.50. The van der Waals surface area contributed by atoms with E-state index in [0.29, 0.717) is 11.1 Å². The minimum Gasteiger partial charge on any atom is -0.377 e. The zero-order valence-electron chi connectivity index (χ0n) is 24.0. The number of nitrogens with two attached hydrogens (primary N) is 1. The van der Waals surface area contributed by atoms with Crippen LogP contribution in [-0.4, -0.2) is 50.1 Å². The highest BCUT2D eigenvalue weighted by Crippen LogP contribution is 2.36. The zero-order chi connectivity index (χ0) is 33.0. The van der Waals surface area contributed by atoms with Gasteiger partial charge in [-0.2, -0.15) is 18.4 Å². The Hall–Kier alpha value is -3.12. The lowest BCUT2D eigenvalue weighted by Gasteiger charge is -2.34. The normalized spacial score (nSPS) is 15.3. The molecule has 0 amide bonds. The Labute approximate surface area is 257 Å². The van der Waals surface area contributed by atoms with Gasteiger partial charge in [0.1, 0.15) is 23.8 Å². The van der Waals surface area contributed by atoms with Gasteiger partial charge in [-0.15, -0.1) is 0 Å². The van der Waals surface area contributed by atoms with E-state index in [2.05, 4.69) is 10.6 Å². The fourth-order valence-corrected chi connectivity index (χ4v) is 5.61. The number of nitriles is 1. The van der Waals surface area contributed by atoms with Crippen LogP contribution in [0.5, 0.6) is 0 Å². The van der Waals surface area contributed by atoms with Crippen molar-refractivity contribution >= 4 is 21.4 Å². The molecule has 238 valence electrons. The molecule has 0 aromatic heterocycles. The molecule has 0 aliphatic rings. The molecule has 0 radical (unpaired) electrons. The number of aliphatic hydroxyl groups is 1. The van der Waals surface area contributed by atoms with Crippen molar-refractivity contribution in [3.05, 3.63) is 88.2 Å². The van der Waals surface area contributed by atoms with Crippen molar-refractivity contribution in [3.63, 3.8) is 0 Å². The Balaban J connectivity index is 1.85. The van der Waals surface area contributed by atoms with Gasteiger partial charge in [0, 0.05) is 23.3 Å². The minimum atomic E-state index is -4.87. The molecule has 3 aromatic carbocycles. The molecule has 0 aliphatic heterocycles. The maximum atomic E-state index is 14.7. The Morgan fingerprint density at radius 2 is 1.66 bits per heavy atom. The number of hydrogen-bond donors (Lipinski definition) is 4. The van der Waals surface area contributed by atoms with E-state index in [1.165, 1.54) is 54.6 Å². The third-order valence-corrected chi connectivity index (χ3v) is 8.15. The molecular formula is C30H32ClF5N4O3S. The summed E-state index contributed by atoms with van der Waals surface area (Å²) in [6, 6.07) is 10.8. The first-order valence-electron chi connectivity index (χ1n) is 13.3. The van der Waals surface area contributed by atoms with Gasteiger partial charge in [0.2, 0.25) is 0 Å². The fourth-order valence-electron chi connectivity index (χ4n) is 4.61. The SMILES string of the molecule is CC(C)(F)C[C@H](N[C@@H](c1ccc(-c2ccc(S(C)(=O)=O)cc2Cl)cc1)C(F)(F)F)C(O)NC(N)Cc1ccc(C#N)cc1F. The van der Waals surface area contributed by atoms with Gasteiger partial charge in [0.05, 0.1) is 28.7 Å². The fraction of sp³-hybridized carbons (Fsp3) is 0.367. The topological polar surface area (TPSA) is 128 Å².